The number of nitrogens with one attached hydrogen (secondary N) is 1. The highest BCUT2D eigenvalue weighted by Crippen LogP contribution is 2.06. The van der Waals surface area contributed by atoms with Gasteiger partial charge in [0.05, 0.1) is 6.26 Å². The van der Waals surface area contributed by atoms with E-state index >= 15 is 0 Å². The van der Waals surface area contributed by atoms with Crippen LogP contribution in [0.15, 0.2) is 47.1 Å². The Morgan fingerprint density at radius 2 is 1.89 bits per heavy atom. The average molecular weight is 242 g/mol. The molecule has 90 valence electrons. The van der Waals surface area contributed by atoms with Crippen molar-refractivity contribution in [3.63, 3.8) is 0 Å². The number of carbonyl (C=O) groups excluding carboxylic acids is 1. The van der Waals surface area contributed by atoms with Crippen LogP contribution in [0.1, 0.15) is 10.6 Å². The normalized spacial score (nSPS) is 10.7. The largest absolute Gasteiger partial charge is 0.459 e. The minimum absolute atomic E-state index is 0.203. The number of amides is 1. The Labute approximate surface area is 102 Å². The molecule has 0 radical (unpaired) electrons. The molecular formula is C12H10N4O2. The van der Waals surface area contributed by atoms with Crippen molar-refractivity contribution >= 4 is 16.9 Å². The molecule has 3 aromatic rings. The molecule has 2 aromatic heterocycles. The van der Waals surface area contributed by atoms with Crippen molar-refractivity contribution in [1.82, 2.24) is 20.3 Å². The summed E-state index contributed by atoms with van der Waals surface area (Å²) in [6, 6.07) is 10.8. The lowest BCUT2D eigenvalue weighted by atomic mass is 10.3. The van der Waals surface area contributed by atoms with Gasteiger partial charge >= 0.3 is 0 Å². The second-order valence-corrected chi connectivity index (χ2v) is 3.70. The van der Waals surface area contributed by atoms with Crippen molar-refractivity contribution in [3.05, 3.63) is 48.4 Å². The summed E-state index contributed by atoms with van der Waals surface area (Å²) < 4.78 is 4.98. The van der Waals surface area contributed by atoms with Crippen LogP contribution in [0.2, 0.25) is 0 Å². The second-order valence-electron chi connectivity index (χ2n) is 3.70. The average Bonchev–Trinajstić information content (AvgIpc) is 3.04. The van der Waals surface area contributed by atoms with Crippen LogP contribution in [0.25, 0.3) is 11.0 Å². The summed E-state index contributed by atoms with van der Waals surface area (Å²) in [6.45, 7) is 0.203. The molecule has 0 fully saturated rings. The van der Waals surface area contributed by atoms with E-state index in [1.165, 1.54) is 11.1 Å². The maximum Gasteiger partial charge on any atom is 0.288 e. The van der Waals surface area contributed by atoms with Crippen LogP contribution in [-0.2, 0) is 6.67 Å². The summed E-state index contributed by atoms with van der Waals surface area (Å²) in [7, 11) is 0. The lowest BCUT2D eigenvalue weighted by molar-refractivity contribution is 0.0909. The van der Waals surface area contributed by atoms with Gasteiger partial charge in [-0.15, -0.1) is 0 Å². The highest BCUT2D eigenvalue weighted by molar-refractivity contribution is 5.91. The number of hydrogen-bond donors (Lipinski definition) is 1. The van der Waals surface area contributed by atoms with Crippen molar-refractivity contribution in [3.8, 4) is 0 Å². The van der Waals surface area contributed by atoms with Gasteiger partial charge in [0, 0.05) is 0 Å². The van der Waals surface area contributed by atoms with E-state index in [9.17, 15) is 4.79 Å². The SMILES string of the molecule is O=C(NCn1nc2ccccc2n1)c1ccco1. The smallest absolute Gasteiger partial charge is 0.288 e. The molecule has 0 bridgehead atoms. The highest BCUT2D eigenvalue weighted by Gasteiger charge is 2.08. The first-order valence-corrected chi connectivity index (χ1v) is 5.44. The van der Waals surface area contributed by atoms with Gasteiger partial charge in [0.15, 0.2) is 5.76 Å². The molecule has 0 atom stereocenters. The fourth-order valence-electron chi connectivity index (χ4n) is 1.61. The van der Waals surface area contributed by atoms with E-state index in [1.54, 1.807) is 12.1 Å². The Hall–Kier alpha value is -2.63. The topological polar surface area (TPSA) is 73.0 Å². The minimum atomic E-state index is -0.290. The van der Waals surface area contributed by atoms with Crippen molar-refractivity contribution in [1.29, 1.82) is 0 Å². The molecule has 2 heterocycles. The zero-order valence-electron chi connectivity index (χ0n) is 9.41. The number of carbonyl (C=O) groups is 1. The number of rotatable bonds is 3. The standard InChI is InChI=1S/C12H10N4O2/c17-12(11-6-3-7-18-11)13-8-16-14-9-4-1-2-5-10(9)15-16/h1-7H,8H2,(H,13,17). The quantitative estimate of drug-likeness (QED) is 0.753. The number of benzene rings is 1. The van der Waals surface area contributed by atoms with Gasteiger partial charge < -0.3 is 9.73 Å². The maximum atomic E-state index is 11.6. The number of furan rings is 1. The van der Waals surface area contributed by atoms with E-state index in [-0.39, 0.29) is 18.3 Å². The van der Waals surface area contributed by atoms with Crippen molar-refractivity contribution in [2.75, 3.05) is 0 Å². The molecule has 0 aliphatic heterocycles. The van der Waals surface area contributed by atoms with Gasteiger partial charge in [-0.2, -0.15) is 15.0 Å². The Kier molecular flexibility index (Phi) is 2.53. The molecule has 0 aliphatic carbocycles. The van der Waals surface area contributed by atoms with Gasteiger partial charge in [-0.1, -0.05) is 12.1 Å². The van der Waals surface area contributed by atoms with E-state index in [0.717, 1.165) is 11.0 Å². The third-order valence-electron chi connectivity index (χ3n) is 2.45. The van der Waals surface area contributed by atoms with E-state index < -0.39 is 0 Å². The molecule has 0 saturated heterocycles. The van der Waals surface area contributed by atoms with Crippen LogP contribution in [0.3, 0.4) is 0 Å². The summed E-state index contributed by atoms with van der Waals surface area (Å²) in [6.07, 6.45) is 1.45. The van der Waals surface area contributed by atoms with Crippen molar-refractivity contribution in [2.24, 2.45) is 0 Å². The molecule has 6 heteroatoms. The van der Waals surface area contributed by atoms with Crippen LogP contribution < -0.4 is 5.32 Å². The zero-order chi connectivity index (χ0) is 12.4. The summed E-state index contributed by atoms with van der Waals surface area (Å²) >= 11 is 0. The van der Waals surface area contributed by atoms with Crippen LogP contribution in [0.5, 0.6) is 0 Å². The number of nitrogens with zero attached hydrogens (tertiary/aromatic N) is 3. The molecule has 1 aromatic carbocycles. The first-order valence-electron chi connectivity index (χ1n) is 5.44. The van der Waals surface area contributed by atoms with Gasteiger partial charge in [0.25, 0.3) is 5.91 Å². The van der Waals surface area contributed by atoms with Gasteiger partial charge in [-0.05, 0) is 24.3 Å². The lowest BCUT2D eigenvalue weighted by Crippen LogP contribution is -2.26. The number of hydrogen-bond acceptors (Lipinski definition) is 4. The predicted octanol–water partition coefficient (Wildman–Crippen LogP) is 1.41. The van der Waals surface area contributed by atoms with Crippen LogP contribution in [0.4, 0.5) is 0 Å². The fourth-order valence-corrected chi connectivity index (χ4v) is 1.61. The van der Waals surface area contributed by atoms with Gasteiger partial charge in [0.1, 0.15) is 17.7 Å². The first-order chi connectivity index (χ1) is 8.83. The lowest BCUT2D eigenvalue weighted by Gasteiger charge is -2.01. The Morgan fingerprint density at radius 1 is 1.17 bits per heavy atom. The molecule has 1 N–H and O–H groups in total. The maximum absolute atomic E-state index is 11.6. The van der Waals surface area contributed by atoms with Gasteiger partial charge in [-0.25, -0.2) is 0 Å². The molecule has 0 unspecified atom stereocenters. The molecule has 3 rings (SSSR count). The number of fused-ring (bicyclic) bond motifs is 1. The van der Waals surface area contributed by atoms with Gasteiger partial charge in [-0.3, -0.25) is 4.79 Å². The van der Waals surface area contributed by atoms with Crippen molar-refractivity contribution < 1.29 is 9.21 Å². The van der Waals surface area contributed by atoms with Gasteiger partial charge in [0.2, 0.25) is 0 Å². The van der Waals surface area contributed by atoms with E-state index in [0.29, 0.717) is 0 Å². The molecule has 0 aliphatic rings. The molecule has 1 amide bonds. The van der Waals surface area contributed by atoms with Crippen LogP contribution >= 0.6 is 0 Å². The molecule has 6 nitrogen and oxygen atoms in total. The second kappa shape index (κ2) is 4.33. The molecule has 18 heavy (non-hydrogen) atoms. The Balaban J connectivity index is 1.71. The highest BCUT2D eigenvalue weighted by atomic mass is 16.3. The summed E-state index contributed by atoms with van der Waals surface area (Å²) in [5, 5.41) is 11.1. The predicted molar refractivity (Wildman–Crippen MR) is 63.7 cm³/mol. The third kappa shape index (κ3) is 1.95. The molecular weight excluding hydrogens is 232 g/mol. The Morgan fingerprint density at radius 3 is 2.50 bits per heavy atom. The third-order valence-corrected chi connectivity index (χ3v) is 2.45. The summed E-state index contributed by atoms with van der Waals surface area (Å²) in [5.41, 5.74) is 1.59. The van der Waals surface area contributed by atoms with E-state index in [1.807, 2.05) is 24.3 Å². The first kappa shape index (κ1) is 10.5. The summed E-state index contributed by atoms with van der Waals surface area (Å²) in [5.74, 6) is -0.0203. The Bertz CT molecular complexity index is 639. The van der Waals surface area contributed by atoms with Crippen molar-refractivity contribution in [2.45, 2.75) is 6.67 Å². The van der Waals surface area contributed by atoms with E-state index in [4.69, 9.17) is 4.42 Å². The minimum Gasteiger partial charge on any atom is -0.459 e. The van der Waals surface area contributed by atoms with E-state index in [2.05, 4.69) is 15.5 Å². The van der Waals surface area contributed by atoms with Crippen LogP contribution in [-0.4, -0.2) is 20.9 Å². The molecule has 0 saturated carbocycles. The number of aromatic nitrogens is 3. The summed E-state index contributed by atoms with van der Waals surface area (Å²) in [4.78, 5) is 13.1. The monoisotopic (exact) mass is 242 g/mol. The zero-order valence-corrected chi connectivity index (χ0v) is 9.41. The fraction of sp³-hybridized carbons (Fsp3) is 0.0833. The molecule has 0 spiro atoms. The van der Waals surface area contributed by atoms with Crippen LogP contribution in [0, 0.1) is 0 Å².